The fourth-order valence-corrected chi connectivity index (χ4v) is 6.27. The van der Waals surface area contributed by atoms with E-state index in [-0.39, 0.29) is 24.9 Å². The number of rotatable bonds is 5. The molecule has 190 valence electrons. The van der Waals surface area contributed by atoms with Crippen molar-refractivity contribution in [3.05, 3.63) is 92.9 Å². The monoisotopic (exact) mass is 520 g/mol. The van der Waals surface area contributed by atoms with Crippen LogP contribution >= 0.6 is 11.3 Å². The number of hydrogen-bond donors (Lipinski definition) is 0. The molecular formula is C27H25F5N2OS. The van der Waals surface area contributed by atoms with Crippen molar-refractivity contribution in [2.75, 3.05) is 32.7 Å². The molecule has 2 aliphatic rings. The summed E-state index contributed by atoms with van der Waals surface area (Å²) in [4.78, 5) is 16.6. The van der Waals surface area contributed by atoms with Gasteiger partial charge in [-0.3, -0.25) is 4.79 Å². The Labute approximate surface area is 210 Å². The summed E-state index contributed by atoms with van der Waals surface area (Å²) >= 11 is 1.51. The molecule has 0 aliphatic carbocycles. The standard InChI is InChI=1S/C27H25F5N2OS/c28-22-21(23(29)25(31)26(32)24(22)30)27(35)34-13-19(20(14-34)18-8-11-36-15-18)12-33-9-6-17(7-10-33)16-4-2-1-3-5-16/h1-5,8,11,15,17,19-20H,6-7,9-10,12-14H2. The van der Waals surface area contributed by atoms with Crippen LogP contribution in [-0.4, -0.2) is 48.4 Å². The predicted molar refractivity (Wildman–Crippen MR) is 128 cm³/mol. The lowest BCUT2D eigenvalue weighted by atomic mass is 9.87. The molecule has 1 amide bonds. The van der Waals surface area contributed by atoms with Gasteiger partial charge in [0.15, 0.2) is 23.3 Å². The van der Waals surface area contributed by atoms with E-state index in [0.29, 0.717) is 12.5 Å². The lowest BCUT2D eigenvalue weighted by Gasteiger charge is -2.34. The first-order chi connectivity index (χ1) is 17.3. The molecule has 2 aliphatic heterocycles. The third-order valence-corrected chi connectivity index (χ3v) is 8.18. The van der Waals surface area contributed by atoms with Gasteiger partial charge in [0.25, 0.3) is 5.91 Å². The average Bonchev–Trinajstić information content (AvgIpc) is 3.58. The summed E-state index contributed by atoms with van der Waals surface area (Å²) in [6, 6.07) is 12.3. The fraction of sp³-hybridized carbons (Fsp3) is 0.370. The summed E-state index contributed by atoms with van der Waals surface area (Å²) in [5.41, 5.74) is 0.949. The molecule has 3 nitrogen and oxygen atoms in total. The Balaban J connectivity index is 1.33. The highest BCUT2D eigenvalue weighted by Gasteiger charge is 2.40. The van der Waals surface area contributed by atoms with E-state index < -0.39 is 40.6 Å². The van der Waals surface area contributed by atoms with Gasteiger partial charge in [-0.15, -0.1) is 0 Å². The van der Waals surface area contributed by atoms with Crippen molar-refractivity contribution in [3.63, 3.8) is 0 Å². The number of carbonyl (C=O) groups excluding carboxylic acids is 1. The molecule has 0 saturated carbocycles. The van der Waals surface area contributed by atoms with Gasteiger partial charge in [-0.05, 0) is 65.7 Å². The quantitative estimate of drug-likeness (QED) is 0.228. The molecule has 0 spiro atoms. The number of benzene rings is 2. The molecule has 2 fully saturated rings. The van der Waals surface area contributed by atoms with Crippen molar-refractivity contribution >= 4 is 17.2 Å². The molecule has 2 atom stereocenters. The molecule has 0 N–H and O–H groups in total. The Bertz CT molecular complexity index is 1200. The van der Waals surface area contributed by atoms with Gasteiger partial charge < -0.3 is 9.80 Å². The zero-order valence-corrected chi connectivity index (χ0v) is 20.2. The Morgan fingerprint density at radius 2 is 1.47 bits per heavy atom. The van der Waals surface area contributed by atoms with Crippen molar-refractivity contribution in [2.24, 2.45) is 5.92 Å². The molecule has 3 heterocycles. The second kappa shape index (κ2) is 10.3. The first-order valence-corrected chi connectivity index (χ1v) is 12.9. The van der Waals surface area contributed by atoms with Gasteiger partial charge in [-0.2, -0.15) is 11.3 Å². The zero-order chi connectivity index (χ0) is 25.4. The third kappa shape index (κ3) is 4.66. The minimum Gasteiger partial charge on any atom is -0.337 e. The number of nitrogens with zero attached hydrogens (tertiary/aromatic N) is 2. The first-order valence-electron chi connectivity index (χ1n) is 11.9. The van der Waals surface area contributed by atoms with Crippen LogP contribution in [0, 0.1) is 35.0 Å². The second-order valence-electron chi connectivity index (χ2n) is 9.56. The van der Waals surface area contributed by atoms with E-state index in [1.807, 2.05) is 35.0 Å². The number of likely N-dealkylation sites (tertiary alicyclic amines) is 2. The van der Waals surface area contributed by atoms with E-state index in [2.05, 4.69) is 17.0 Å². The largest absolute Gasteiger partial charge is 0.337 e. The fourth-order valence-electron chi connectivity index (χ4n) is 5.54. The van der Waals surface area contributed by atoms with E-state index >= 15 is 0 Å². The van der Waals surface area contributed by atoms with Crippen molar-refractivity contribution < 1.29 is 26.7 Å². The summed E-state index contributed by atoms with van der Waals surface area (Å²) in [6.45, 7) is 2.79. The Morgan fingerprint density at radius 1 is 0.833 bits per heavy atom. The second-order valence-corrected chi connectivity index (χ2v) is 10.3. The number of hydrogen-bond acceptors (Lipinski definition) is 3. The molecule has 2 aromatic carbocycles. The smallest absolute Gasteiger partial charge is 0.260 e. The number of piperidine rings is 1. The lowest BCUT2D eigenvalue weighted by Crippen LogP contribution is -2.38. The number of thiophene rings is 1. The van der Waals surface area contributed by atoms with Crippen LogP contribution in [0.3, 0.4) is 0 Å². The van der Waals surface area contributed by atoms with Crippen LogP contribution in [0.1, 0.15) is 46.2 Å². The Morgan fingerprint density at radius 3 is 2.08 bits per heavy atom. The van der Waals surface area contributed by atoms with Gasteiger partial charge in [-0.1, -0.05) is 30.3 Å². The van der Waals surface area contributed by atoms with Gasteiger partial charge in [0.1, 0.15) is 5.56 Å². The summed E-state index contributed by atoms with van der Waals surface area (Å²) in [6.07, 6.45) is 2.01. The highest BCUT2D eigenvalue weighted by atomic mass is 32.1. The van der Waals surface area contributed by atoms with Crippen LogP contribution in [0.5, 0.6) is 0 Å². The Hall–Kier alpha value is -2.78. The van der Waals surface area contributed by atoms with Gasteiger partial charge in [0.05, 0.1) is 0 Å². The van der Waals surface area contributed by atoms with E-state index in [1.165, 1.54) is 21.8 Å². The maximum absolute atomic E-state index is 14.3. The molecule has 2 saturated heterocycles. The summed E-state index contributed by atoms with van der Waals surface area (Å²) in [7, 11) is 0. The maximum atomic E-state index is 14.3. The van der Waals surface area contributed by atoms with E-state index in [9.17, 15) is 26.7 Å². The van der Waals surface area contributed by atoms with Crippen molar-refractivity contribution in [1.29, 1.82) is 0 Å². The van der Waals surface area contributed by atoms with Gasteiger partial charge in [-0.25, -0.2) is 22.0 Å². The normalized spacial score (nSPS) is 21.3. The van der Waals surface area contributed by atoms with Crippen LogP contribution in [-0.2, 0) is 0 Å². The van der Waals surface area contributed by atoms with Crippen molar-refractivity contribution in [2.45, 2.75) is 24.7 Å². The number of carbonyl (C=O) groups is 1. The predicted octanol–water partition coefficient (Wildman–Crippen LogP) is 6.18. The van der Waals surface area contributed by atoms with Crippen LogP contribution in [0.4, 0.5) is 22.0 Å². The molecular weight excluding hydrogens is 495 g/mol. The Kier molecular flexibility index (Phi) is 7.12. The van der Waals surface area contributed by atoms with Gasteiger partial charge >= 0.3 is 0 Å². The minimum absolute atomic E-state index is 0.0295. The van der Waals surface area contributed by atoms with Crippen LogP contribution in [0.25, 0.3) is 0 Å². The highest BCUT2D eigenvalue weighted by Crippen LogP contribution is 2.37. The third-order valence-electron chi connectivity index (χ3n) is 7.47. The molecule has 9 heteroatoms. The van der Waals surface area contributed by atoms with Crippen molar-refractivity contribution in [1.82, 2.24) is 9.80 Å². The molecule has 1 aromatic heterocycles. The molecule has 0 radical (unpaired) electrons. The minimum atomic E-state index is -2.27. The van der Waals surface area contributed by atoms with E-state index in [1.54, 1.807) is 0 Å². The summed E-state index contributed by atoms with van der Waals surface area (Å²) in [5.74, 6) is -11.5. The van der Waals surface area contributed by atoms with E-state index in [0.717, 1.165) is 31.5 Å². The first kappa shape index (κ1) is 24.9. The summed E-state index contributed by atoms with van der Waals surface area (Å²) in [5, 5.41) is 3.90. The SMILES string of the molecule is O=C(c1c(F)c(F)c(F)c(F)c1F)N1CC(CN2CCC(c3ccccc3)CC2)C(c2ccsc2)C1. The lowest BCUT2D eigenvalue weighted by molar-refractivity contribution is 0.0768. The maximum Gasteiger partial charge on any atom is 0.260 e. The molecule has 3 aromatic rings. The topological polar surface area (TPSA) is 23.6 Å². The highest BCUT2D eigenvalue weighted by molar-refractivity contribution is 7.08. The molecule has 5 rings (SSSR count). The van der Waals surface area contributed by atoms with Crippen LogP contribution in [0.2, 0.25) is 0 Å². The number of halogens is 5. The van der Waals surface area contributed by atoms with E-state index in [4.69, 9.17) is 0 Å². The molecule has 36 heavy (non-hydrogen) atoms. The molecule has 2 unspecified atom stereocenters. The summed E-state index contributed by atoms with van der Waals surface area (Å²) < 4.78 is 69.7. The van der Waals surface area contributed by atoms with Crippen molar-refractivity contribution in [3.8, 4) is 0 Å². The van der Waals surface area contributed by atoms with Crippen LogP contribution in [0.15, 0.2) is 47.2 Å². The molecule has 0 bridgehead atoms. The van der Waals surface area contributed by atoms with Gasteiger partial charge in [0, 0.05) is 25.6 Å². The zero-order valence-electron chi connectivity index (χ0n) is 19.4. The number of amides is 1. The average molecular weight is 521 g/mol. The van der Waals surface area contributed by atoms with Crippen LogP contribution < -0.4 is 0 Å². The van der Waals surface area contributed by atoms with Gasteiger partial charge in [0.2, 0.25) is 5.82 Å².